The number of nitrogens with zero attached hydrogens (tertiary/aromatic N) is 2. The highest BCUT2D eigenvalue weighted by molar-refractivity contribution is 7.99. The van der Waals surface area contributed by atoms with Crippen LogP contribution in [0.2, 0.25) is 0 Å². The highest BCUT2D eigenvalue weighted by Gasteiger charge is 1.97. The second-order valence-electron chi connectivity index (χ2n) is 3.11. The third-order valence-corrected chi connectivity index (χ3v) is 2.81. The van der Waals surface area contributed by atoms with E-state index < -0.39 is 0 Å². The smallest absolute Gasteiger partial charge is 0.187 e. The van der Waals surface area contributed by atoms with Crippen LogP contribution in [-0.4, -0.2) is 22.3 Å². The van der Waals surface area contributed by atoms with Crippen LogP contribution in [0.3, 0.4) is 0 Å². The highest BCUT2D eigenvalue weighted by Crippen LogP contribution is 2.13. The minimum atomic E-state index is 0.658. The molecule has 0 amide bonds. The van der Waals surface area contributed by atoms with Gasteiger partial charge in [-0.2, -0.15) is 0 Å². The average molecular weight is 211 g/mol. The molecule has 14 heavy (non-hydrogen) atoms. The van der Waals surface area contributed by atoms with Crippen molar-refractivity contribution in [3.8, 4) is 0 Å². The predicted octanol–water partition coefficient (Wildman–Crippen LogP) is 1.87. The fourth-order valence-corrected chi connectivity index (χ4v) is 1.89. The second-order valence-corrected chi connectivity index (χ2v) is 4.18. The maximum Gasteiger partial charge on any atom is 0.187 e. The molecule has 3 nitrogen and oxygen atoms in total. The zero-order valence-electron chi connectivity index (χ0n) is 8.57. The van der Waals surface area contributed by atoms with E-state index in [1.54, 1.807) is 11.8 Å². The van der Waals surface area contributed by atoms with Gasteiger partial charge in [-0.1, -0.05) is 25.1 Å². The molecule has 1 aromatic heterocycles. The molecule has 0 unspecified atom stereocenters. The Morgan fingerprint density at radius 3 is 2.64 bits per heavy atom. The first-order chi connectivity index (χ1) is 6.86. The van der Waals surface area contributed by atoms with E-state index in [1.165, 1.54) is 12.8 Å². The minimum absolute atomic E-state index is 0.658. The monoisotopic (exact) mass is 211 g/mol. The van der Waals surface area contributed by atoms with Gasteiger partial charge >= 0.3 is 0 Å². The summed E-state index contributed by atoms with van der Waals surface area (Å²) < 4.78 is 0. The second kappa shape index (κ2) is 6.79. The molecule has 78 valence electrons. The molecular weight excluding hydrogens is 194 g/mol. The Bertz CT molecular complexity index is 248. The first-order valence-electron chi connectivity index (χ1n) is 5.00. The van der Waals surface area contributed by atoms with Gasteiger partial charge in [0, 0.05) is 18.1 Å². The van der Waals surface area contributed by atoms with Crippen LogP contribution in [0.4, 0.5) is 0 Å². The molecule has 4 heteroatoms. The molecular formula is C10H17N3S. The van der Waals surface area contributed by atoms with E-state index in [0.29, 0.717) is 6.54 Å². The maximum atomic E-state index is 5.44. The summed E-state index contributed by atoms with van der Waals surface area (Å²) in [4.78, 5) is 8.53. The fourth-order valence-electron chi connectivity index (χ4n) is 1.02. The minimum Gasteiger partial charge on any atom is -0.330 e. The number of thioether (sulfide) groups is 1. The summed E-state index contributed by atoms with van der Waals surface area (Å²) in [5, 5.41) is 0.874. The molecule has 0 fully saturated rings. The lowest BCUT2D eigenvalue weighted by Gasteiger charge is -2.00. The quantitative estimate of drug-likeness (QED) is 0.443. The molecule has 0 saturated heterocycles. The first-order valence-corrected chi connectivity index (χ1v) is 5.99. The van der Waals surface area contributed by atoms with Crippen molar-refractivity contribution in [3.05, 3.63) is 18.0 Å². The molecule has 0 aromatic carbocycles. The molecule has 0 saturated carbocycles. The SMILES string of the molecule is CCCCSc1ncc(CCN)cn1. The van der Waals surface area contributed by atoms with Gasteiger partial charge in [0.25, 0.3) is 0 Å². The molecule has 1 rings (SSSR count). The lowest BCUT2D eigenvalue weighted by Crippen LogP contribution is -2.03. The van der Waals surface area contributed by atoms with Crippen LogP contribution in [0, 0.1) is 0 Å². The summed E-state index contributed by atoms with van der Waals surface area (Å²) in [5.74, 6) is 1.10. The number of hydrogen-bond donors (Lipinski definition) is 1. The zero-order chi connectivity index (χ0) is 10.2. The topological polar surface area (TPSA) is 51.8 Å². The largest absolute Gasteiger partial charge is 0.330 e. The van der Waals surface area contributed by atoms with Gasteiger partial charge in [0.05, 0.1) is 0 Å². The van der Waals surface area contributed by atoms with E-state index in [0.717, 1.165) is 22.9 Å². The van der Waals surface area contributed by atoms with Crippen LogP contribution in [0.15, 0.2) is 17.6 Å². The van der Waals surface area contributed by atoms with Crippen LogP contribution in [-0.2, 0) is 6.42 Å². The van der Waals surface area contributed by atoms with Gasteiger partial charge in [0.15, 0.2) is 5.16 Å². The molecule has 0 spiro atoms. The summed E-state index contributed by atoms with van der Waals surface area (Å²) in [7, 11) is 0. The lowest BCUT2D eigenvalue weighted by atomic mass is 10.2. The Labute approximate surface area is 89.5 Å². The lowest BCUT2D eigenvalue weighted by molar-refractivity contribution is 0.874. The van der Waals surface area contributed by atoms with Crippen molar-refractivity contribution in [3.63, 3.8) is 0 Å². The summed E-state index contributed by atoms with van der Waals surface area (Å²) in [5.41, 5.74) is 6.55. The Balaban J connectivity index is 2.38. The molecule has 0 aliphatic heterocycles. The maximum absolute atomic E-state index is 5.44. The molecule has 1 heterocycles. The average Bonchev–Trinajstić information content (AvgIpc) is 2.21. The zero-order valence-corrected chi connectivity index (χ0v) is 9.39. The van der Waals surface area contributed by atoms with Crippen molar-refractivity contribution in [1.29, 1.82) is 0 Å². The van der Waals surface area contributed by atoms with Gasteiger partial charge < -0.3 is 5.73 Å². The standard InChI is InChI=1S/C10H17N3S/c1-2-3-6-14-10-12-7-9(4-5-11)8-13-10/h7-8H,2-6,11H2,1H3. The van der Waals surface area contributed by atoms with Crippen molar-refractivity contribution in [1.82, 2.24) is 9.97 Å². The van der Waals surface area contributed by atoms with E-state index >= 15 is 0 Å². The van der Waals surface area contributed by atoms with Crippen LogP contribution >= 0.6 is 11.8 Å². The van der Waals surface area contributed by atoms with Crippen LogP contribution in [0.25, 0.3) is 0 Å². The van der Waals surface area contributed by atoms with E-state index in [-0.39, 0.29) is 0 Å². The molecule has 0 aliphatic rings. The van der Waals surface area contributed by atoms with Crippen LogP contribution < -0.4 is 5.73 Å². The number of aromatic nitrogens is 2. The summed E-state index contributed by atoms with van der Waals surface area (Å²) >= 11 is 1.72. The van der Waals surface area contributed by atoms with Crippen LogP contribution in [0.5, 0.6) is 0 Å². The number of unbranched alkanes of at least 4 members (excludes halogenated alkanes) is 1. The highest BCUT2D eigenvalue weighted by atomic mass is 32.2. The molecule has 0 radical (unpaired) electrons. The predicted molar refractivity (Wildman–Crippen MR) is 60.4 cm³/mol. The molecule has 0 aliphatic carbocycles. The summed E-state index contributed by atoms with van der Waals surface area (Å²) in [6.07, 6.45) is 7.04. The molecule has 1 aromatic rings. The van der Waals surface area contributed by atoms with Crippen molar-refractivity contribution >= 4 is 11.8 Å². The third-order valence-electron chi connectivity index (χ3n) is 1.84. The van der Waals surface area contributed by atoms with Gasteiger partial charge in [0.1, 0.15) is 0 Å². The van der Waals surface area contributed by atoms with Crippen LogP contribution in [0.1, 0.15) is 25.3 Å². The van der Waals surface area contributed by atoms with Gasteiger partial charge in [-0.05, 0) is 24.9 Å². The molecule has 2 N–H and O–H groups in total. The number of hydrogen-bond acceptors (Lipinski definition) is 4. The Hall–Kier alpha value is -0.610. The van der Waals surface area contributed by atoms with E-state index in [2.05, 4.69) is 16.9 Å². The number of rotatable bonds is 6. The van der Waals surface area contributed by atoms with Gasteiger partial charge in [-0.3, -0.25) is 0 Å². The first kappa shape index (κ1) is 11.5. The van der Waals surface area contributed by atoms with E-state index in [4.69, 9.17) is 5.73 Å². The Morgan fingerprint density at radius 2 is 2.07 bits per heavy atom. The molecule has 0 bridgehead atoms. The van der Waals surface area contributed by atoms with Gasteiger partial charge in [-0.15, -0.1) is 0 Å². The van der Waals surface area contributed by atoms with Crippen molar-refractivity contribution in [2.24, 2.45) is 5.73 Å². The Kier molecular flexibility index (Phi) is 5.56. The number of nitrogens with two attached hydrogens (primary N) is 1. The Morgan fingerprint density at radius 1 is 1.36 bits per heavy atom. The summed E-state index contributed by atoms with van der Waals surface area (Å²) in [6, 6.07) is 0. The van der Waals surface area contributed by atoms with Crippen molar-refractivity contribution in [2.45, 2.75) is 31.3 Å². The fraction of sp³-hybridized carbons (Fsp3) is 0.600. The van der Waals surface area contributed by atoms with Crippen molar-refractivity contribution < 1.29 is 0 Å². The van der Waals surface area contributed by atoms with Crippen molar-refractivity contribution in [2.75, 3.05) is 12.3 Å². The normalized spacial score (nSPS) is 10.4. The van der Waals surface area contributed by atoms with E-state index in [9.17, 15) is 0 Å². The van der Waals surface area contributed by atoms with E-state index in [1.807, 2.05) is 12.4 Å². The summed E-state index contributed by atoms with van der Waals surface area (Å²) in [6.45, 7) is 2.84. The third kappa shape index (κ3) is 4.07. The molecule has 0 atom stereocenters. The van der Waals surface area contributed by atoms with Gasteiger partial charge in [0.2, 0.25) is 0 Å². The van der Waals surface area contributed by atoms with Gasteiger partial charge in [-0.25, -0.2) is 9.97 Å².